The molecule has 0 aromatic heterocycles. The summed E-state index contributed by atoms with van der Waals surface area (Å²) in [5.41, 5.74) is -2.58. The largest absolute Gasteiger partial charge is 0.417 e. The Morgan fingerprint density at radius 3 is 2.33 bits per heavy atom. The molecule has 2 saturated heterocycles. The third kappa shape index (κ3) is 7.26. The minimum Gasteiger partial charge on any atom is -0.384 e. The quantitative estimate of drug-likeness (QED) is 0.295. The van der Waals surface area contributed by atoms with Gasteiger partial charge in [0.2, 0.25) is 5.91 Å². The second-order valence-corrected chi connectivity index (χ2v) is 10.7. The fourth-order valence-electron chi connectivity index (χ4n) is 4.97. The second-order valence-electron chi connectivity index (χ2n) is 10.4. The second kappa shape index (κ2) is 13.1. The van der Waals surface area contributed by atoms with Crippen LogP contribution >= 0.6 is 12.2 Å². The number of benzene rings is 1. The lowest BCUT2D eigenvalue weighted by molar-refractivity contribution is -0.138. The maximum absolute atomic E-state index is 13.5. The number of thiocarbonyl (C=S) groups is 1. The fourth-order valence-corrected chi connectivity index (χ4v) is 5.48. The standard InChI is InChI=1S/C27H36F3N5O3S/c1-26(2)24(37)35(21-9-8-20(19-31)22(18-21)27(28,29)30)25(39)34(26)12-7-5-4-6-11-32-13-15-33(16-14-32)23(36)10-17-38-3/h8-9,18H,4-7,10-17H2,1-3H3. The number of alkyl halides is 3. The molecule has 0 N–H and O–H groups in total. The molecule has 8 nitrogen and oxygen atoms in total. The van der Waals surface area contributed by atoms with E-state index < -0.39 is 28.7 Å². The molecule has 1 aromatic rings. The minimum atomic E-state index is -4.73. The zero-order chi connectivity index (χ0) is 28.8. The van der Waals surface area contributed by atoms with Crippen LogP contribution in [0.1, 0.15) is 57.1 Å². The van der Waals surface area contributed by atoms with Gasteiger partial charge in [0.1, 0.15) is 5.54 Å². The number of rotatable bonds is 11. The summed E-state index contributed by atoms with van der Waals surface area (Å²) in [5, 5.41) is 9.24. The van der Waals surface area contributed by atoms with E-state index in [0.717, 1.165) is 75.4 Å². The fraction of sp³-hybridized carbons (Fsp3) is 0.630. The minimum absolute atomic E-state index is 0.00685. The van der Waals surface area contributed by atoms with Crippen molar-refractivity contribution in [3.05, 3.63) is 29.3 Å². The third-order valence-corrected chi connectivity index (χ3v) is 7.76. The van der Waals surface area contributed by atoms with Crippen molar-refractivity contribution >= 4 is 34.8 Å². The van der Waals surface area contributed by atoms with Gasteiger partial charge in [-0.05, 0) is 63.7 Å². The van der Waals surface area contributed by atoms with Crippen molar-refractivity contribution in [1.29, 1.82) is 5.26 Å². The number of unbranched alkanes of at least 4 members (excludes halogenated alkanes) is 3. The van der Waals surface area contributed by atoms with Crippen molar-refractivity contribution < 1.29 is 27.5 Å². The summed E-state index contributed by atoms with van der Waals surface area (Å²) in [6.45, 7) is 8.54. The van der Waals surface area contributed by atoms with Gasteiger partial charge in [0.15, 0.2) is 5.11 Å². The van der Waals surface area contributed by atoms with Gasteiger partial charge in [-0.2, -0.15) is 18.4 Å². The summed E-state index contributed by atoms with van der Waals surface area (Å²) in [6.07, 6.45) is -0.589. The molecule has 0 atom stereocenters. The highest BCUT2D eigenvalue weighted by Gasteiger charge is 2.49. The first kappa shape index (κ1) is 30.8. The van der Waals surface area contributed by atoms with E-state index in [-0.39, 0.29) is 16.7 Å². The molecule has 2 amide bonds. The van der Waals surface area contributed by atoms with E-state index in [4.69, 9.17) is 22.2 Å². The lowest BCUT2D eigenvalue weighted by atomic mass is 10.0. The lowest BCUT2D eigenvalue weighted by Gasteiger charge is -2.34. The molecule has 2 aliphatic rings. The molecule has 0 unspecified atom stereocenters. The number of nitriles is 1. The van der Waals surface area contributed by atoms with Crippen LogP contribution in [0.25, 0.3) is 0 Å². The van der Waals surface area contributed by atoms with Crippen molar-refractivity contribution in [2.75, 3.05) is 57.9 Å². The molecule has 2 heterocycles. The maximum atomic E-state index is 13.5. The summed E-state index contributed by atoms with van der Waals surface area (Å²) in [5.74, 6) is -0.263. The number of piperazine rings is 1. The van der Waals surface area contributed by atoms with E-state index in [1.54, 1.807) is 31.9 Å². The van der Waals surface area contributed by atoms with E-state index >= 15 is 0 Å². The number of ether oxygens (including phenoxy) is 1. The Morgan fingerprint density at radius 1 is 1.10 bits per heavy atom. The van der Waals surface area contributed by atoms with Crippen LogP contribution in [0.3, 0.4) is 0 Å². The molecule has 0 bridgehead atoms. The van der Waals surface area contributed by atoms with Gasteiger partial charge in [0.05, 0.1) is 35.9 Å². The number of anilines is 1. The number of carbonyl (C=O) groups excluding carboxylic acids is 2. The first-order valence-electron chi connectivity index (χ1n) is 13.2. The Balaban J connectivity index is 1.47. The Hall–Kier alpha value is -2.75. The Kier molecular flexibility index (Phi) is 10.3. The van der Waals surface area contributed by atoms with Crippen molar-refractivity contribution in [2.24, 2.45) is 0 Å². The van der Waals surface area contributed by atoms with Crippen LogP contribution in [0.2, 0.25) is 0 Å². The first-order chi connectivity index (χ1) is 18.4. The molecular formula is C27H36F3N5O3S. The van der Waals surface area contributed by atoms with Crippen molar-refractivity contribution in [3.8, 4) is 6.07 Å². The van der Waals surface area contributed by atoms with Gasteiger partial charge in [-0.1, -0.05) is 12.8 Å². The Bertz CT molecular complexity index is 1100. The van der Waals surface area contributed by atoms with Gasteiger partial charge in [0.25, 0.3) is 5.91 Å². The van der Waals surface area contributed by atoms with Gasteiger partial charge in [-0.3, -0.25) is 19.4 Å². The molecule has 0 spiro atoms. The summed E-state index contributed by atoms with van der Waals surface area (Å²) >= 11 is 5.55. The summed E-state index contributed by atoms with van der Waals surface area (Å²) < 4.78 is 45.4. The molecule has 1 aromatic carbocycles. The molecule has 0 saturated carbocycles. The average Bonchev–Trinajstić information content (AvgIpc) is 3.07. The van der Waals surface area contributed by atoms with Crippen LogP contribution in [0.15, 0.2) is 18.2 Å². The molecule has 39 heavy (non-hydrogen) atoms. The number of hydrogen-bond acceptors (Lipinski definition) is 6. The van der Waals surface area contributed by atoms with Crippen LogP contribution in [0.4, 0.5) is 18.9 Å². The number of halogens is 3. The number of nitrogens with zero attached hydrogens (tertiary/aromatic N) is 5. The van der Waals surface area contributed by atoms with Crippen LogP contribution in [-0.2, 0) is 20.5 Å². The molecule has 0 aliphatic carbocycles. The van der Waals surface area contributed by atoms with Crippen molar-refractivity contribution in [2.45, 2.75) is 57.7 Å². The van der Waals surface area contributed by atoms with E-state index in [1.165, 1.54) is 6.07 Å². The third-order valence-electron chi connectivity index (χ3n) is 7.36. The van der Waals surface area contributed by atoms with E-state index in [1.807, 2.05) is 4.90 Å². The van der Waals surface area contributed by atoms with E-state index in [0.29, 0.717) is 19.6 Å². The smallest absolute Gasteiger partial charge is 0.384 e. The zero-order valence-electron chi connectivity index (χ0n) is 22.7. The van der Waals surface area contributed by atoms with Crippen LogP contribution in [0.5, 0.6) is 0 Å². The molecule has 12 heteroatoms. The summed E-state index contributed by atoms with van der Waals surface area (Å²) in [7, 11) is 1.59. The highest BCUT2D eigenvalue weighted by atomic mass is 32.1. The number of amides is 2. The molecule has 3 rings (SSSR count). The van der Waals surface area contributed by atoms with E-state index in [9.17, 15) is 22.8 Å². The Morgan fingerprint density at radius 2 is 1.74 bits per heavy atom. The molecule has 2 aliphatic heterocycles. The SMILES string of the molecule is COCCC(=O)N1CCN(CCCCCCN2C(=S)N(c3ccc(C#N)c(C(F)(F)F)c3)C(=O)C2(C)C)CC1. The van der Waals surface area contributed by atoms with Crippen LogP contribution in [-0.4, -0.2) is 90.2 Å². The van der Waals surface area contributed by atoms with Gasteiger partial charge >= 0.3 is 6.18 Å². The highest BCUT2D eigenvalue weighted by Crippen LogP contribution is 2.38. The van der Waals surface area contributed by atoms with E-state index in [2.05, 4.69) is 4.90 Å². The molecule has 2 fully saturated rings. The van der Waals surface area contributed by atoms with Crippen LogP contribution in [0, 0.1) is 11.3 Å². The van der Waals surface area contributed by atoms with Gasteiger partial charge < -0.3 is 14.5 Å². The van der Waals surface area contributed by atoms with Gasteiger partial charge in [-0.15, -0.1) is 0 Å². The Labute approximate surface area is 233 Å². The van der Waals surface area contributed by atoms with Crippen LogP contribution < -0.4 is 4.90 Å². The maximum Gasteiger partial charge on any atom is 0.417 e. The summed E-state index contributed by atoms with van der Waals surface area (Å²) in [6, 6.07) is 4.77. The topological polar surface area (TPSA) is 80.1 Å². The highest BCUT2D eigenvalue weighted by molar-refractivity contribution is 7.80. The predicted octanol–water partition coefficient (Wildman–Crippen LogP) is 4.03. The monoisotopic (exact) mass is 567 g/mol. The summed E-state index contributed by atoms with van der Waals surface area (Å²) in [4.78, 5) is 32.5. The molecular weight excluding hydrogens is 531 g/mol. The van der Waals surface area contributed by atoms with Crippen molar-refractivity contribution in [3.63, 3.8) is 0 Å². The lowest BCUT2D eigenvalue weighted by Crippen LogP contribution is -2.49. The first-order valence-corrected chi connectivity index (χ1v) is 13.6. The predicted molar refractivity (Wildman–Crippen MR) is 145 cm³/mol. The molecule has 0 radical (unpaired) electrons. The number of methoxy groups -OCH3 is 1. The zero-order valence-corrected chi connectivity index (χ0v) is 23.5. The van der Waals surface area contributed by atoms with Gasteiger partial charge in [0, 0.05) is 39.8 Å². The number of carbonyl (C=O) groups is 2. The normalized spacial score (nSPS) is 18.1. The van der Waals surface area contributed by atoms with Crippen molar-refractivity contribution in [1.82, 2.24) is 14.7 Å². The molecule has 214 valence electrons. The average molecular weight is 568 g/mol. The van der Waals surface area contributed by atoms with Gasteiger partial charge in [-0.25, -0.2) is 0 Å². The number of hydrogen-bond donors (Lipinski definition) is 0.